The molecule has 96 valence electrons. The zero-order valence-corrected chi connectivity index (χ0v) is 9.38. The van der Waals surface area contributed by atoms with Gasteiger partial charge >= 0.3 is 12.1 Å². The van der Waals surface area contributed by atoms with E-state index < -0.39 is 23.9 Å². The molecule has 0 aliphatic carbocycles. The smallest absolute Gasteiger partial charge is 0.449 e. The Labute approximate surface area is 101 Å². The summed E-state index contributed by atoms with van der Waals surface area (Å²) in [7, 11) is 0. The second-order valence-electron chi connectivity index (χ2n) is 3.76. The maximum Gasteiger partial charge on any atom is 0.449 e. The highest BCUT2D eigenvalue weighted by Gasteiger charge is 2.39. The number of carboxylic acid groups (broad SMARTS) is 1. The Morgan fingerprint density at radius 3 is 2.71 bits per heavy atom. The predicted molar refractivity (Wildman–Crippen MR) is 53.9 cm³/mol. The molecule has 4 nitrogen and oxygen atoms in total. The van der Waals surface area contributed by atoms with Crippen molar-refractivity contribution in [3.05, 3.63) is 17.7 Å². The summed E-state index contributed by atoms with van der Waals surface area (Å²) in [6, 6.07) is 0. The zero-order chi connectivity index (χ0) is 11.9. The van der Waals surface area contributed by atoms with Crippen molar-refractivity contribution < 1.29 is 23.1 Å². The van der Waals surface area contributed by atoms with Crippen LogP contribution in [0.15, 0.2) is 6.20 Å². The lowest BCUT2D eigenvalue weighted by Gasteiger charge is -2.22. The molecule has 0 aromatic carbocycles. The third-order valence-corrected chi connectivity index (χ3v) is 2.69. The Morgan fingerprint density at radius 1 is 1.53 bits per heavy atom. The van der Waals surface area contributed by atoms with Crippen LogP contribution in [-0.2, 0) is 23.9 Å². The number of hydrogen-bond donors (Lipinski definition) is 1. The number of aryl methyl sites for hydroxylation is 1. The third-order valence-electron chi connectivity index (χ3n) is 2.69. The summed E-state index contributed by atoms with van der Waals surface area (Å²) in [5, 5.41) is 8.78. The van der Waals surface area contributed by atoms with Crippen LogP contribution >= 0.6 is 12.4 Å². The highest BCUT2D eigenvalue weighted by Crippen LogP contribution is 2.32. The van der Waals surface area contributed by atoms with Crippen molar-refractivity contribution in [1.82, 2.24) is 9.55 Å². The van der Waals surface area contributed by atoms with Crippen LogP contribution < -0.4 is 0 Å². The van der Waals surface area contributed by atoms with E-state index in [1.54, 1.807) is 0 Å². The van der Waals surface area contributed by atoms with Gasteiger partial charge in [-0.1, -0.05) is 0 Å². The van der Waals surface area contributed by atoms with Crippen molar-refractivity contribution in [2.45, 2.75) is 25.6 Å². The second-order valence-corrected chi connectivity index (χ2v) is 3.76. The molecule has 0 bridgehead atoms. The quantitative estimate of drug-likeness (QED) is 0.849. The lowest BCUT2D eigenvalue weighted by atomic mass is 9.98. The van der Waals surface area contributed by atoms with Gasteiger partial charge in [-0.05, 0) is 12.8 Å². The molecule has 0 saturated heterocycles. The van der Waals surface area contributed by atoms with Gasteiger partial charge in [0.2, 0.25) is 5.82 Å². The van der Waals surface area contributed by atoms with Gasteiger partial charge in [0.25, 0.3) is 0 Å². The van der Waals surface area contributed by atoms with Crippen molar-refractivity contribution >= 4 is 18.4 Å². The maximum atomic E-state index is 12.5. The molecule has 0 radical (unpaired) electrons. The Hall–Kier alpha value is -1.24. The van der Waals surface area contributed by atoms with E-state index in [4.69, 9.17) is 5.11 Å². The van der Waals surface area contributed by atoms with Crippen LogP contribution in [0.4, 0.5) is 13.2 Å². The monoisotopic (exact) mass is 270 g/mol. The first-order valence-corrected chi connectivity index (χ1v) is 4.74. The van der Waals surface area contributed by atoms with Gasteiger partial charge in [0.1, 0.15) is 0 Å². The number of fused-ring (bicyclic) bond motifs is 1. The van der Waals surface area contributed by atoms with Crippen molar-refractivity contribution in [2.75, 3.05) is 0 Å². The molecule has 1 aliphatic heterocycles. The molecule has 0 saturated carbocycles. The van der Waals surface area contributed by atoms with Crippen LogP contribution in [0.5, 0.6) is 0 Å². The Kier molecular flexibility index (Phi) is 3.71. The van der Waals surface area contributed by atoms with Crippen molar-refractivity contribution in [3.8, 4) is 0 Å². The molecule has 0 spiro atoms. The molecule has 1 aromatic rings. The van der Waals surface area contributed by atoms with Gasteiger partial charge in [0, 0.05) is 18.4 Å². The molecule has 2 heterocycles. The number of carboxylic acids is 1. The molecular weight excluding hydrogens is 261 g/mol. The van der Waals surface area contributed by atoms with Gasteiger partial charge in [-0.25, -0.2) is 4.98 Å². The molecule has 2 rings (SSSR count). The number of aromatic nitrogens is 2. The number of alkyl halides is 3. The minimum Gasteiger partial charge on any atom is -0.481 e. The van der Waals surface area contributed by atoms with E-state index >= 15 is 0 Å². The van der Waals surface area contributed by atoms with Crippen LogP contribution in [0.25, 0.3) is 0 Å². The number of carbonyl (C=O) groups is 1. The van der Waals surface area contributed by atoms with Crippen LogP contribution in [-0.4, -0.2) is 20.6 Å². The van der Waals surface area contributed by atoms with E-state index in [2.05, 4.69) is 4.98 Å². The first-order valence-electron chi connectivity index (χ1n) is 4.74. The van der Waals surface area contributed by atoms with E-state index in [0.717, 1.165) is 4.57 Å². The predicted octanol–water partition coefficient (Wildman–Crippen LogP) is 1.97. The Bertz CT molecular complexity index is 430. The fourth-order valence-corrected chi connectivity index (χ4v) is 1.88. The molecule has 1 aromatic heterocycles. The fraction of sp³-hybridized carbons (Fsp3) is 0.556. The van der Waals surface area contributed by atoms with Gasteiger partial charge in [0.05, 0.1) is 5.92 Å². The van der Waals surface area contributed by atoms with Crippen LogP contribution in [0.2, 0.25) is 0 Å². The Morgan fingerprint density at radius 2 is 2.18 bits per heavy atom. The topological polar surface area (TPSA) is 55.1 Å². The number of nitrogens with zero attached hydrogens (tertiary/aromatic N) is 2. The summed E-state index contributed by atoms with van der Waals surface area (Å²) in [6.45, 7) is -0.153. The normalized spacial score (nSPS) is 19.4. The molecule has 1 aliphatic rings. The highest BCUT2D eigenvalue weighted by molar-refractivity contribution is 5.85. The molecule has 0 fully saturated rings. The molecule has 1 unspecified atom stereocenters. The number of hydrogen-bond acceptors (Lipinski definition) is 2. The molecule has 8 heteroatoms. The maximum absolute atomic E-state index is 12.5. The molecule has 1 atom stereocenters. The fourth-order valence-electron chi connectivity index (χ4n) is 1.88. The van der Waals surface area contributed by atoms with Crippen LogP contribution in [0.1, 0.15) is 17.9 Å². The summed E-state index contributed by atoms with van der Waals surface area (Å²) in [5.41, 5.74) is 0.449. The number of rotatable bonds is 1. The van der Waals surface area contributed by atoms with E-state index in [1.807, 2.05) is 0 Å². The SMILES string of the molecule is Cl.O=C(O)C1CCc2cnc(C(F)(F)F)n2C1. The van der Waals surface area contributed by atoms with Crippen LogP contribution in [0.3, 0.4) is 0 Å². The number of imidazole rings is 1. The van der Waals surface area contributed by atoms with Gasteiger partial charge in [-0.3, -0.25) is 4.79 Å². The average molecular weight is 271 g/mol. The number of aliphatic carboxylic acids is 1. The Balaban J connectivity index is 0.00000144. The lowest BCUT2D eigenvalue weighted by Crippen LogP contribution is -2.29. The summed E-state index contributed by atoms with van der Waals surface area (Å²) in [4.78, 5) is 14.0. The minimum atomic E-state index is -4.53. The standard InChI is InChI=1S/C9H9F3N2O2.ClH/c10-9(11,12)8-13-3-6-2-1-5(7(15)16)4-14(6)8;/h3,5H,1-2,4H2,(H,15,16);1H. The molecular formula is C9H10ClF3N2O2. The van der Waals surface area contributed by atoms with Crippen molar-refractivity contribution in [2.24, 2.45) is 5.92 Å². The summed E-state index contributed by atoms with van der Waals surface area (Å²) >= 11 is 0. The largest absolute Gasteiger partial charge is 0.481 e. The van der Waals surface area contributed by atoms with Crippen molar-refractivity contribution in [1.29, 1.82) is 0 Å². The van der Waals surface area contributed by atoms with E-state index in [1.165, 1.54) is 6.20 Å². The van der Waals surface area contributed by atoms with Crippen LogP contribution in [0, 0.1) is 5.92 Å². The summed E-state index contributed by atoms with van der Waals surface area (Å²) < 4.78 is 38.5. The lowest BCUT2D eigenvalue weighted by molar-refractivity contribution is -0.150. The molecule has 1 N–H and O–H groups in total. The minimum absolute atomic E-state index is 0. The zero-order valence-electron chi connectivity index (χ0n) is 8.57. The second kappa shape index (κ2) is 4.56. The van der Waals surface area contributed by atoms with Gasteiger partial charge in [-0.2, -0.15) is 13.2 Å². The van der Waals surface area contributed by atoms with Gasteiger partial charge < -0.3 is 9.67 Å². The van der Waals surface area contributed by atoms with Gasteiger partial charge in [0.15, 0.2) is 0 Å². The van der Waals surface area contributed by atoms with E-state index in [0.29, 0.717) is 18.5 Å². The molecule has 17 heavy (non-hydrogen) atoms. The van der Waals surface area contributed by atoms with Crippen molar-refractivity contribution in [3.63, 3.8) is 0 Å². The average Bonchev–Trinajstić information content (AvgIpc) is 2.58. The molecule has 0 amide bonds. The van der Waals surface area contributed by atoms with E-state index in [9.17, 15) is 18.0 Å². The number of halogens is 4. The highest BCUT2D eigenvalue weighted by atomic mass is 35.5. The first kappa shape index (κ1) is 13.8. The first-order chi connectivity index (χ1) is 7.39. The van der Waals surface area contributed by atoms with E-state index in [-0.39, 0.29) is 19.0 Å². The summed E-state index contributed by atoms with van der Waals surface area (Å²) in [6.07, 6.45) is -2.68. The van der Waals surface area contributed by atoms with Gasteiger partial charge in [-0.15, -0.1) is 12.4 Å². The summed E-state index contributed by atoms with van der Waals surface area (Å²) in [5.74, 6) is -2.83. The third kappa shape index (κ3) is 2.54.